The van der Waals surface area contributed by atoms with Crippen LogP contribution < -0.4 is 15.0 Å². The fourth-order valence-electron chi connectivity index (χ4n) is 3.66. The van der Waals surface area contributed by atoms with Crippen molar-refractivity contribution in [1.82, 2.24) is 5.32 Å². The molecule has 1 aromatic rings. The van der Waals surface area contributed by atoms with Gasteiger partial charge in [0.15, 0.2) is 0 Å². The molecule has 1 saturated carbocycles. The first-order valence-corrected chi connectivity index (χ1v) is 7.37. The molecule has 0 unspecified atom stereocenters. The van der Waals surface area contributed by atoms with Gasteiger partial charge in [0.1, 0.15) is 5.75 Å². The number of hydrogen-bond acceptors (Lipinski definition) is 3. The highest BCUT2D eigenvalue weighted by Gasteiger charge is 2.37. The first-order valence-electron chi connectivity index (χ1n) is 7.37. The fraction of sp³-hybridized carbons (Fsp3) is 0.625. The summed E-state index contributed by atoms with van der Waals surface area (Å²) in [4.78, 5) is 2.55. The molecule has 0 atom stereocenters. The maximum atomic E-state index is 5.30. The van der Waals surface area contributed by atoms with Gasteiger partial charge in [0, 0.05) is 30.9 Å². The minimum atomic E-state index is 0.380. The van der Waals surface area contributed by atoms with Crippen LogP contribution in [0.25, 0.3) is 0 Å². The minimum absolute atomic E-state index is 0.380. The van der Waals surface area contributed by atoms with Gasteiger partial charge in [-0.15, -0.1) is 0 Å². The largest absolute Gasteiger partial charge is 0.497 e. The van der Waals surface area contributed by atoms with Gasteiger partial charge in [-0.2, -0.15) is 0 Å². The number of nitrogens with zero attached hydrogens (tertiary/aromatic N) is 1. The molecule has 1 aliphatic heterocycles. The van der Waals surface area contributed by atoms with Crippen molar-refractivity contribution >= 4 is 5.69 Å². The van der Waals surface area contributed by atoms with Gasteiger partial charge in [-0.25, -0.2) is 0 Å². The lowest BCUT2D eigenvalue weighted by molar-refractivity contribution is 0.303. The highest BCUT2D eigenvalue weighted by Crippen LogP contribution is 2.34. The summed E-state index contributed by atoms with van der Waals surface area (Å²) in [6.45, 7) is 5.54. The highest BCUT2D eigenvalue weighted by molar-refractivity contribution is 5.56. The van der Waals surface area contributed by atoms with Gasteiger partial charge in [0.05, 0.1) is 7.11 Å². The van der Waals surface area contributed by atoms with E-state index in [0.29, 0.717) is 5.54 Å². The van der Waals surface area contributed by atoms with Gasteiger partial charge >= 0.3 is 0 Å². The second-order valence-electron chi connectivity index (χ2n) is 5.99. The second-order valence-corrected chi connectivity index (χ2v) is 5.99. The van der Waals surface area contributed by atoms with Crippen molar-refractivity contribution in [2.24, 2.45) is 0 Å². The molecule has 3 nitrogen and oxygen atoms in total. The number of methoxy groups -OCH3 is 1. The van der Waals surface area contributed by atoms with Crippen molar-refractivity contribution in [3.63, 3.8) is 0 Å². The lowest BCUT2D eigenvalue weighted by atomic mass is 9.94. The van der Waals surface area contributed by atoms with Crippen LogP contribution in [0.5, 0.6) is 5.75 Å². The molecule has 3 heteroatoms. The van der Waals surface area contributed by atoms with Crippen LogP contribution in [0, 0.1) is 6.92 Å². The van der Waals surface area contributed by atoms with E-state index in [2.05, 4.69) is 35.3 Å². The van der Waals surface area contributed by atoms with Crippen LogP contribution in [-0.4, -0.2) is 32.3 Å². The van der Waals surface area contributed by atoms with Crippen molar-refractivity contribution in [1.29, 1.82) is 0 Å². The average molecular weight is 260 g/mol. The maximum Gasteiger partial charge on any atom is 0.119 e. The Labute approximate surface area is 115 Å². The van der Waals surface area contributed by atoms with Gasteiger partial charge in [0.2, 0.25) is 0 Å². The summed E-state index contributed by atoms with van der Waals surface area (Å²) in [6, 6.07) is 6.42. The number of ether oxygens (including phenoxy) is 1. The molecule has 1 aromatic carbocycles. The van der Waals surface area contributed by atoms with Crippen LogP contribution in [0.3, 0.4) is 0 Å². The van der Waals surface area contributed by atoms with E-state index in [-0.39, 0.29) is 0 Å². The lowest BCUT2D eigenvalue weighted by Crippen LogP contribution is -2.59. The summed E-state index contributed by atoms with van der Waals surface area (Å²) >= 11 is 0. The van der Waals surface area contributed by atoms with Crippen LogP contribution in [0.15, 0.2) is 18.2 Å². The second kappa shape index (κ2) is 5.04. The molecule has 2 fully saturated rings. The normalized spacial score (nSPS) is 21.9. The lowest BCUT2D eigenvalue weighted by Gasteiger charge is -2.43. The Morgan fingerprint density at radius 3 is 2.74 bits per heavy atom. The Morgan fingerprint density at radius 2 is 2.05 bits per heavy atom. The fourth-order valence-corrected chi connectivity index (χ4v) is 3.66. The maximum absolute atomic E-state index is 5.30. The van der Waals surface area contributed by atoms with Gasteiger partial charge in [-0.1, -0.05) is 12.8 Å². The Hall–Kier alpha value is -1.22. The van der Waals surface area contributed by atoms with Gasteiger partial charge in [-0.3, -0.25) is 0 Å². The van der Waals surface area contributed by atoms with E-state index in [1.807, 2.05) is 0 Å². The third-order valence-corrected chi connectivity index (χ3v) is 4.68. The highest BCUT2D eigenvalue weighted by atomic mass is 16.5. The summed E-state index contributed by atoms with van der Waals surface area (Å²) in [6.07, 6.45) is 5.42. The Kier molecular flexibility index (Phi) is 3.40. The SMILES string of the molecule is COc1ccc(N2CCNC3(CCCC3)C2)c(C)c1. The molecule has 104 valence electrons. The first kappa shape index (κ1) is 12.8. The minimum Gasteiger partial charge on any atom is -0.497 e. The van der Waals surface area contributed by atoms with E-state index >= 15 is 0 Å². The number of aryl methyl sites for hydroxylation is 1. The van der Waals surface area contributed by atoms with Crippen LogP contribution >= 0.6 is 0 Å². The van der Waals surface area contributed by atoms with Gasteiger partial charge in [-0.05, 0) is 43.5 Å². The van der Waals surface area contributed by atoms with Crippen molar-refractivity contribution in [2.45, 2.75) is 38.1 Å². The van der Waals surface area contributed by atoms with E-state index in [0.717, 1.165) is 25.4 Å². The van der Waals surface area contributed by atoms with Gasteiger partial charge in [0.25, 0.3) is 0 Å². The molecule has 1 saturated heterocycles. The molecule has 1 spiro atoms. The molecule has 2 aliphatic rings. The van der Waals surface area contributed by atoms with Crippen molar-refractivity contribution in [2.75, 3.05) is 31.6 Å². The summed E-state index contributed by atoms with van der Waals surface area (Å²) in [5.74, 6) is 0.951. The molecule has 0 amide bonds. The number of benzene rings is 1. The summed E-state index contributed by atoms with van der Waals surface area (Å²) in [7, 11) is 1.73. The molecule has 1 aliphatic carbocycles. The smallest absolute Gasteiger partial charge is 0.119 e. The van der Waals surface area contributed by atoms with Crippen LogP contribution in [0.2, 0.25) is 0 Å². The van der Waals surface area contributed by atoms with Gasteiger partial charge < -0.3 is 15.0 Å². The quantitative estimate of drug-likeness (QED) is 0.885. The predicted octanol–water partition coefficient (Wildman–Crippen LogP) is 2.73. The topological polar surface area (TPSA) is 24.5 Å². The zero-order valence-electron chi connectivity index (χ0n) is 12.0. The summed E-state index contributed by atoms with van der Waals surface area (Å²) in [5.41, 5.74) is 3.06. The summed E-state index contributed by atoms with van der Waals surface area (Å²) in [5, 5.41) is 3.77. The van der Waals surface area contributed by atoms with E-state index < -0.39 is 0 Å². The molecular weight excluding hydrogens is 236 g/mol. The number of rotatable bonds is 2. The molecular formula is C16H24N2O. The number of piperazine rings is 1. The third-order valence-electron chi connectivity index (χ3n) is 4.68. The molecule has 0 bridgehead atoms. The molecule has 19 heavy (non-hydrogen) atoms. The zero-order valence-corrected chi connectivity index (χ0v) is 12.0. The van der Waals surface area contributed by atoms with E-state index in [4.69, 9.17) is 4.74 Å². The van der Waals surface area contributed by atoms with Crippen LogP contribution in [-0.2, 0) is 0 Å². The Balaban J connectivity index is 1.81. The van der Waals surface area contributed by atoms with E-state index in [1.54, 1.807) is 7.11 Å². The first-order chi connectivity index (χ1) is 9.22. The van der Waals surface area contributed by atoms with Crippen LogP contribution in [0.4, 0.5) is 5.69 Å². The Bertz CT molecular complexity index is 452. The van der Waals surface area contributed by atoms with Crippen molar-refractivity contribution in [3.05, 3.63) is 23.8 Å². The number of anilines is 1. The van der Waals surface area contributed by atoms with Crippen LogP contribution in [0.1, 0.15) is 31.2 Å². The standard InChI is InChI=1S/C16H24N2O/c1-13-11-14(19-2)5-6-15(13)18-10-9-17-16(12-18)7-3-4-8-16/h5-6,11,17H,3-4,7-10,12H2,1-2H3. The molecule has 0 aromatic heterocycles. The predicted molar refractivity (Wildman–Crippen MR) is 79.1 cm³/mol. The average Bonchev–Trinajstić information content (AvgIpc) is 2.86. The number of hydrogen-bond donors (Lipinski definition) is 1. The summed E-state index contributed by atoms with van der Waals surface area (Å²) < 4.78 is 5.30. The van der Waals surface area contributed by atoms with Crippen molar-refractivity contribution in [3.8, 4) is 5.75 Å². The zero-order chi connectivity index (χ0) is 13.3. The monoisotopic (exact) mass is 260 g/mol. The molecule has 1 heterocycles. The molecule has 1 N–H and O–H groups in total. The third kappa shape index (κ3) is 2.44. The molecule has 3 rings (SSSR count). The van der Waals surface area contributed by atoms with E-state index in [9.17, 15) is 0 Å². The van der Waals surface area contributed by atoms with Crippen molar-refractivity contribution < 1.29 is 4.74 Å². The number of nitrogens with one attached hydrogen (secondary N) is 1. The van der Waals surface area contributed by atoms with E-state index in [1.165, 1.54) is 36.9 Å². The molecule has 0 radical (unpaired) electrons. The Morgan fingerprint density at radius 1 is 1.26 bits per heavy atom.